The zero-order chi connectivity index (χ0) is 13.2. The Morgan fingerprint density at radius 3 is 2.47 bits per heavy atom. The first-order valence-electron chi connectivity index (χ1n) is 4.93. The molecule has 1 aliphatic heterocycles. The summed E-state index contributed by atoms with van der Waals surface area (Å²) in [6, 6.07) is -1.23. The molecule has 2 unspecified atom stereocenters. The van der Waals surface area contributed by atoms with Gasteiger partial charge in [0.05, 0.1) is 7.11 Å². The van der Waals surface area contributed by atoms with E-state index in [1.807, 2.05) is 0 Å². The minimum atomic E-state index is -1.75. The fourth-order valence-corrected chi connectivity index (χ4v) is 1.52. The van der Waals surface area contributed by atoms with Gasteiger partial charge in [-0.2, -0.15) is 0 Å². The molecule has 0 radical (unpaired) electrons. The lowest BCUT2D eigenvalue weighted by atomic mass is 10.0. The van der Waals surface area contributed by atoms with E-state index in [4.69, 9.17) is 0 Å². The number of nitrogens with one attached hydrogen (secondary N) is 1. The van der Waals surface area contributed by atoms with E-state index >= 15 is 0 Å². The van der Waals surface area contributed by atoms with Gasteiger partial charge >= 0.3 is 5.97 Å². The number of ether oxygens (including phenoxy) is 1. The van der Waals surface area contributed by atoms with Gasteiger partial charge in [-0.05, 0) is 6.92 Å². The molecular formula is C10H13FN2O4. The summed E-state index contributed by atoms with van der Waals surface area (Å²) in [6.07, 6.45) is -0.475. The zero-order valence-corrected chi connectivity index (χ0v) is 9.69. The first-order chi connectivity index (χ1) is 7.93. The molecule has 7 heteroatoms. The van der Waals surface area contributed by atoms with E-state index in [2.05, 4.69) is 10.1 Å². The number of halogens is 1. The maximum Gasteiger partial charge on any atom is 0.354 e. The molecule has 1 rings (SSSR count). The van der Waals surface area contributed by atoms with Gasteiger partial charge < -0.3 is 10.1 Å². The first kappa shape index (κ1) is 13.1. The number of carbonyl (C=O) groups excluding carboxylic acids is 3. The molecule has 0 bridgehead atoms. The topological polar surface area (TPSA) is 75.7 Å². The fourth-order valence-electron chi connectivity index (χ4n) is 1.52. The minimum absolute atomic E-state index is 0.174. The lowest BCUT2D eigenvalue weighted by molar-refractivity contribution is -0.163. The SMILES string of the molecule is CC=C(C(=O)OC)N1C(=O)C(NC(C)=O)C1F. The third kappa shape index (κ3) is 2.27. The Morgan fingerprint density at radius 2 is 2.12 bits per heavy atom. The molecular weight excluding hydrogens is 231 g/mol. The smallest absolute Gasteiger partial charge is 0.354 e. The fraction of sp³-hybridized carbons (Fsp3) is 0.500. The van der Waals surface area contributed by atoms with Crippen LogP contribution >= 0.6 is 0 Å². The van der Waals surface area contributed by atoms with Crippen molar-refractivity contribution in [2.75, 3.05) is 7.11 Å². The number of hydrogen-bond donors (Lipinski definition) is 1. The summed E-state index contributed by atoms with van der Waals surface area (Å²) in [4.78, 5) is 34.2. The third-order valence-corrected chi connectivity index (χ3v) is 2.31. The molecule has 0 aliphatic carbocycles. The second-order valence-corrected chi connectivity index (χ2v) is 3.42. The van der Waals surface area contributed by atoms with Crippen molar-refractivity contribution < 1.29 is 23.5 Å². The number of nitrogens with zero attached hydrogens (tertiary/aromatic N) is 1. The van der Waals surface area contributed by atoms with Crippen molar-refractivity contribution >= 4 is 17.8 Å². The van der Waals surface area contributed by atoms with E-state index < -0.39 is 30.1 Å². The second kappa shape index (κ2) is 4.94. The van der Waals surface area contributed by atoms with Crippen molar-refractivity contribution in [2.24, 2.45) is 0 Å². The van der Waals surface area contributed by atoms with Crippen LogP contribution in [-0.4, -0.2) is 42.1 Å². The first-order valence-corrected chi connectivity index (χ1v) is 4.93. The average molecular weight is 244 g/mol. The normalized spacial score (nSPS) is 24.1. The summed E-state index contributed by atoms with van der Waals surface area (Å²) in [5, 5.41) is 2.16. The number of allylic oxidation sites excluding steroid dienone is 1. The highest BCUT2D eigenvalue weighted by atomic mass is 19.1. The molecule has 0 spiro atoms. The molecule has 1 fully saturated rings. The lowest BCUT2D eigenvalue weighted by Crippen LogP contribution is -2.68. The molecule has 0 saturated carbocycles. The van der Waals surface area contributed by atoms with Crippen LogP contribution in [0.1, 0.15) is 13.8 Å². The third-order valence-electron chi connectivity index (χ3n) is 2.31. The number of hydrogen-bond acceptors (Lipinski definition) is 4. The molecule has 6 nitrogen and oxygen atoms in total. The van der Waals surface area contributed by atoms with Gasteiger partial charge in [0, 0.05) is 6.92 Å². The maximum atomic E-state index is 13.6. The minimum Gasteiger partial charge on any atom is -0.464 e. The van der Waals surface area contributed by atoms with Gasteiger partial charge in [-0.1, -0.05) is 6.08 Å². The molecule has 2 amide bonds. The van der Waals surface area contributed by atoms with Gasteiger partial charge in [-0.3, -0.25) is 14.5 Å². The van der Waals surface area contributed by atoms with E-state index in [0.717, 1.165) is 7.11 Å². The molecule has 17 heavy (non-hydrogen) atoms. The van der Waals surface area contributed by atoms with Crippen LogP contribution in [-0.2, 0) is 19.1 Å². The Morgan fingerprint density at radius 1 is 1.53 bits per heavy atom. The zero-order valence-electron chi connectivity index (χ0n) is 9.69. The van der Waals surface area contributed by atoms with Crippen LogP contribution in [0.5, 0.6) is 0 Å². The highest BCUT2D eigenvalue weighted by Crippen LogP contribution is 2.27. The van der Waals surface area contributed by atoms with Gasteiger partial charge in [-0.15, -0.1) is 0 Å². The Balaban J connectivity index is 2.80. The van der Waals surface area contributed by atoms with E-state index in [-0.39, 0.29) is 5.70 Å². The number of carbonyl (C=O) groups is 3. The quantitative estimate of drug-likeness (QED) is 0.320. The number of β-lactam (4-membered cyclic amide) rings is 1. The highest BCUT2D eigenvalue weighted by Gasteiger charge is 2.51. The Kier molecular flexibility index (Phi) is 3.82. The Hall–Kier alpha value is -1.92. The number of likely N-dealkylation sites (tertiary alicyclic amines) is 1. The monoisotopic (exact) mass is 244 g/mol. The molecule has 1 aliphatic rings. The largest absolute Gasteiger partial charge is 0.464 e. The van der Waals surface area contributed by atoms with Crippen molar-refractivity contribution in [3.05, 3.63) is 11.8 Å². The second-order valence-electron chi connectivity index (χ2n) is 3.42. The molecule has 1 saturated heterocycles. The van der Waals surface area contributed by atoms with Crippen LogP contribution in [0.4, 0.5) is 4.39 Å². The predicted molar refractivity (Wildman–Crippen MR) is 55.1 cm³/mol. The molecule has 1 heterocycles. The van der Waals surface area contributed by atoms with Crippen molar-refractivity contribution in [2.45, 2.75) is 26.2 Å². The van der Waals surface area contributed by atoms with Crippen LogP contribution in [0.3, 0.4) is 0 Å². The van der Waals surface area contributed by atoms with Crippen LogP contribution in [0, 0.1) is 0 Å². The van der Waals surface area contributed by atoms with E-state index in [9.17, 15) is 18.8 Å². The molecule has 94 valence electrons. The van der Waals surface area contributed by atoms with E-state index in [1.165, 1.54) is 19.9 Å². The van der Waals surface area contributed by atoms with E-state index in [0.29, 0.717) is 4.90 Å². The Bertz CT molecular complexity index is 394. The molecule has 0 aromatic rings. The highest BCUT2D eigenvalue weighted by molar-refractivity contribution is 6.00. The summed E-state index contributed by atoms with van der Waals surface area (Å²) in [6.45, 7) is 2.66. The van der Waals surface area contributed by atoms with Crippen LogP contribution < -0.4 is 5.32 Å². The number of amides is 2. The molecule has 0 aromatic carbocycles. The van der Waals surface area contributed by atoms with Crippen LogP contribution in [0.25, 0.3) is 0 Å². The summed E-state index contributed by atoms with van der Waals surface area (Å²) < 4.78 is 18.1. The standard InChI is InChI=1S/C10H13FN2O4/c1-4-6(10(16)17-3)13-8(11)7(9(13)15)12-5(2)14/h4,7-8H,1-3H3,(H,12,14). The predicted octanol–water partition coefficient (Wildman–Crippen LogP) is -0.294. The summed E-state index contributed by atoms with van der Waals surface area (Å²) in [5.74, 6) is -1.98. The summed E-state index contributed by atoms with van der Waals surface area (Å²) >= 11 is 0. The van der Waals surface area contributed by atoms with Gasteiger partial charge in [0.15, 0.2) is 6.04 Å². The number of esters is 1. The lowest BCUT2D eigenvalue weighted by Gasteiger charge is -2.42. The van der Waals surface area contributed by atoms with Gasteiger partial charge in [0.25, 0.3) is 5.91 Å². The number of alkyl halides is 1. The van der Waals surface area contributed by atoms with Crippen molar-refractivity contribution in [3.8, 4) is 0 Å². The molecule has 1 N–H and O–H groups in total. The van der Waals surface area contributed by atoms with Crippen molar-refractivity contribution in [1.82, 2.24) is 10.2 Å². The van der Waals surface area contributed by atoms with Gasteiger partial charge in [-0.25, -0.2) is 9.18 Å². The van der Waals surface area contributed by atoms with Crippen LogP contribution in [0.2, 0.25) is 0 Å². The summed E-state index contributed by atoms with van der Waals surface area (Å²) in [5.41, 5.74) is -0.174. The van der Waals surface area contributed by atoms with Gasteiger partial charge in [0.1, 0.15) is 5.70 Å². The van der Waals surface area contributed by atoms with Crippen molar-refractivity contribution in [3.63, 3.8) is 0 Å². The van der Waals surface area contributed by atoms with Gasteiger partial charge in [0.2, 0.25) is 12.2 Å². The molecule has 0 aromatic heterocycles. The maximum absolute atomic E-state index is 13.6. The summed E-state index contributed by atoms with van der Waals surface area (Å²) in [7, 11) is 1.13. The van der Waals surface area contributed by atoms with Crippen LogP contribution in [0.15, 0.2) is 11.8 Å². The Labute approximate surface area is 97.4 Å². The molecule has 2 atom stereocenters. The average Bonchev–Trinajstić information content (AvgIpc) is 2.31. The number of rotatable bonds is 3. The van der Waals surface area contributed by atoms with E-state index in [1.54, 1.807) is 0 Å². The number of methoxy groups -OCH3 is 1. The van der Waals surface area contributed by atoms with Crippen molar-refractivity contribution in [1.29, 1.82) is 0 Å².